The molecule has 0 unspecified atom stereocenters. The summed E-state index contributed by atoms with van der Waals surface area (Å²) in [4.78, 5) is 14.4. The largest absolute Gasteiger partial charge is 0.454 e. The quantitative estimate of drug-likeness (QED) is 0.840. The van der Waals surface area contributed by atoms with Crippen LogP contribution in [0.25, 0.3) is 0 Å². The van der Waals surface area contributed by atoms with Crippen LogP contribution in [0.1, 0.15) is 34.5 Å². The van der Waals surface area contributed by atoms with E-state index in [0.29, 0.717) is 41.9 Å². The van der Waals surface area contributed by atoms with E-state index in [4.69, 9.17) is 13.9 Å². The van der Waals surface area contributed by atoms with Gasteiger partial charge in [-0.2, -0.15) is 0 Å². The molecule has 1 amide bonds. The zero-order valence-electron chi connectivity index (χ0n) is 12.1. The molecule has 2 aliphatic rings. The van der Waals surface area contributed by atoms with Gasteiger partial charge in [-0.25, -0.2) is 0 Å². The van der Waals surface area contributed by atoms with Gasteiger partial charge < -0.3 is 18.8 Å². The summed E-state index contributed by atoms with van der Waals surface area (Å²) in [6, 6.07) is 5.26. The third kappa shape index (κ3) is 2.18. The van der Waals surface area contributed by atoms with E-state index < -0.39 is 0 Å². The van der Waals surface area contributed by atoms with E-state index in [1.54, 1.807) is 25.1 Å². The number of hydrogen-bond donors (Lipinski definition) is 0. The van der Waals surface area contributed by atoms with Crippen molar-refractivity contribution in [3.05, 3.63) is 35.5 Å². The summed E-state index contributed by atoms with van der Waals surface area (Å²) in [6.07, 6.45) is 0.831. The molecule has 1 aromatic carbocycles. The third-order valence-electron chi connectivity index (χ3n) is 3.99. The summed E-state index contributed by atoms with van der Waals surface area (Å²) in [5.41, 5.74) is 0.603. The van der Waals surface area contributed by atoms with E-state index in [2.05, 4.69) is 10.2 Å². The van der Waals surface area contributed by atoms with Gasteiger partial charge in [-0.1, -0.05) is 0 Å². The van der Waals surface area contributed by atoms with E-state index in [9.17, 15) is 4.79 Å². The van der Waals surface area contributed by atoms with Gasteiger partial charge >= 0.3 is 0 Å². The summed E-state index contributed by atoms with van der Waals surface area (Å²) in [5.74, 6) is 2.55. The molecule has 0 spiro atoms. The highest BCUT2D eigenvalue weighted by Gasteiger charge is 2.31. The zero-order chi connectivity index (χ0) is 15.1. The van der Waals surface area contributed by atoms with Gasteiger partial charge in [-0.15, -0.1) is 10.2 Å². The Balaban J connectivity index is 1.49. The van der Waals surface area contributed by atoms with Crippen molar-refractivity contribution in [1.29, 1.82) is 0 Å². The number of aryl methyl sites for hydroxylation is 1. The van der Waals surface area contributed by atoms with Crippen LogP contribution in [0.3, 0.4) is 0 Å². The molecule has 114 valence electrons. The van der Waals surface area contributed by atoms with Crippen molar-refractivity contribution in [2.24, 2.45) is 0 Å². The van der Waals surface area contributed by atoms with Crippen molar-refractivity contribution in [2.45, 2.75) is 19.3 Å². The van der Waals surface area contributed by atoms with E-state index in [1.807, 2.05) is 4.90 Å². The third-order valence-corrected chi connectivity index (χ3v) is 3.99. The second-order valence-corrected chi connectivity index (χ2v) is 5.46. The number of carbonyl (C=O) groups is 1. The smallest absolute Gasteiger partial charge is 0.254 e. The maximum atomic E-state index is 12.6. The molecular weight excluding hydrogens is 286 g/mol. The highest BCUT2D eigenvalue weighted by atomic mass is 16.7. The molecule has 0 N–H and O–H groups in total. The highest BCUT2D eigenvalue weighted by Crippen LogP contribution is 2.34. The molecule has 7 heteroatoms. The van der Waals surface area contributed by atoms with Crippen LogP contribution in [0.15, 0.2) is 22.6 Å². The number of amides is 1. The molecular formula is C15H15N3O4. The SMILES string of the molecule is Cc1nnc([C@H]2CCN(C(=O)c3ccc4c(c3)OCO4)C2)o1. The van der Waals surface area contributed by atoms with Gasteiger partial charge in [0.05, 0.1) is 5.92 Å². The van der Waals surface area contributed by atoms with Crippen molar-refractivity contribution in [3.8, 4) is 11.5 Å². The Morgan fingerprint density at radius 2 is 2.14 bits per heavy atom. The molecule has 2 aliphatic heterocycles. The highest BCUT2D eigenvalue weighted by molar-refractivity contribution is 5.95. The summed E-state index contributed by atoms with van der Waals surface area (Å²) in [6.45, 7) is 3.24. The standard InChI is InChI=1S/C15H15N3O4/c1-9-16-17-14(22-9)11-4-5-18(7-11)15(19)10-2-3-12-13(6-10)21-8-20-12/h2-3,6,11H,4-5,7-8H2,1H3/t11-/m0/s1. The number of rotatable bonds is 2. The number of likely N-dealkylation sites (tertiary alicyclic amines) is 1. The van der Waals surface area contributed by atoms with Crippen molar-refractivity contribution in [3.63, 3.8) is 0 Å². The Kier molecular flexibility index (Phi) is 2.99. The lowest BCUT2D eigenvalue weighted by atomic mass is 10.1. The second kappa shape index (κ2) is 5.01. The number of ether oxygens (including phenoxy) is 2. The van der Waals surface area contributed by atoms with Crippen LogP contribution >= 0.6 is 0 Å². The minimum absolute atomic E-state index is 0.0166. The molecule has 2 aromatic rings. The maximum Gasteiger partial charge on any atom is 0.254 e. The molecule has 22 heavy (non-hydrogen) atoms. The van der Waals surface area contributed by atoms with Crippen LogP contribution in [0, 0.1) is 6.92 Å². The first-order valence-electron chi connectivity index (χ1n) is 7.19. The van der Waals surface area contributed by atoms with Gasteiger partial charge in [0.15, 0.2) is 11.5 Å². The Hall–Kier alpha value is -2.57. The van der Waals surface area contributed by atoms with Crippen LogP contribution in [0.5, 0.6) is 11.5 Å². The van der Waals surface area contributed by atoms with E-state index in [1.165, 1.54) is 0 Å². The number of fused-ring (bicyclic) bond motifs is 1. The number of nitrogens with zero attached hydrogens (tertiary/aromatic N) is 3. The molecule has 1 saturated heterocycles. The lowest BCUT2D eigenvalue weighted by Gasteiger charge is -2.16. The lowest BCUT2D eigenvalue weighted by molar-refractivity contribution is 0.0789. The fourth-order valence-electron chi connectivity index (χ4n) is 2.84. The van der Waals surface area contributed by atoms with Crippen LogP contribution in [0.2, 0.25) is 0 Å². The predicted octanol–water partition coefficient (Wildman–Crippen LogP) is 1.74. The minimum atomic E-state index is -0.0166. The molecule has 0 saturated carbocycles. The van der Waals surface area contributed by atoms with Crippen LogP contribution in [-0.4, -0.2) is 40.9 Å². The van der Waals surface area contributed by atoms with Crippen LogP contribution < -0.4 is 9.47 Å². The second-order valence-electron chi connectivity index (χ2n) is 5.46. The van der Waals surface area contributed by atoms with E-state index in [-0.39, 0.29) is 18.6 Å². The summed E-state index contributed by atoms with van der Waals surface area (Å²) in [7, 11) is 0. The topological polar surface area (TPSA) is 77.7 Å². The number of benzene rings is 1. The van der Waals surface area contributed by atoms with Crippen molar-refractivity contribution in [2.75, 3.05) is 19.9 Å². The van der Waals surface area contributed by atoms with Crippen LogP contribution in [0.4, 0.5) is 0 Å². The molecule has 1 aromatic heterocycles. The van der Waals surface area contributed by atoms with E-state index >= 15 is 0 Å². The predicted molar refractivity (Wildman–Crippen MR) is 74.9 cm³/mol. The average molecular weight is 301 g/mol. The zero-order valence-corrected chi connectivity index (χ0v) is 12.1. The minimum Gasteiger partial charge on any atom is -0.454 e. The normalized spacial score (nSPS) is 19.7. The molecule has 3 heterocycles. The van der Waals surface area contributed by atoms with Crippen molar-refractivity contribution >= 4 is 5.91 Å². The summed E-state index contributed by atoms with van der Waals surface area (Å²) in [5, 5.41) is 7.90. The number of aromatic nitrogens is 2. The summed E-state index contributed by atoms with van der Waals surface area (Å²) >= 11 is 0. The van der Waals surface area contributed by atoms with Crippen molar-refractivity contribution < 1.29 is 18.7 Å². The molecule has 7 nitrogen and oxygen atoms in total. The van der Waals surface area contributed by atoms with Gasteiger partial charge in [-0.05, 0) is 24.6 Å². The Labute approximate surface area is 126 Å². The molecule has 0 bridgehead atoms. The number of hydrogen-bond acceptors (Lipinski definition) is 6. The molecule has 1 atom stereocenters. The fourth-order valence-corrected chi connectivity index (χ4v) is 2.84. The first-order valence-corrected chi connectivity index (χ1v) is 7.19. The first kappa shape index (κ1) is 13.1. The van der Waals surface area contributed by atoms with Crippen molar-refractivity contribution in [1.82, 2.24) is 15.1 Å². The first-order chi connectivity index (χ1) is 10.7. The number of carbonyl (C=O) groups excluding carboxylic acids is 1. The van der Waals surface area contributed by atoms with Gasteiger partial charge in [0.2, 0.25) is 18.6 Å². The van der Waals surface area contributed by atoms with Crippen LogP contribution in [-0.2, 0) is 0 Å². The summed E-state index contributed by atoms with van der Waals surface area (Å²) < 4.78 is 16.0. The maximum absolute atomic E-state index is 12.6. The monoisotopic (exact) mass is 301 g/mol. The van der Waals surface area contributed by atoms with Gasteiger partial charge in [0, 0.05) is 25.6 Å². The molecule has 0 aliphatic carbocycles. The average Bonchev–Trinajstić information content (AvgIpc) is 3.25. The Morgan fingerprint density at radius 1 is 1.27 bits per heavy atom. The van der Waals surface area contributed by atoms with Gasteiger partial charge in [0.1, 0.15) is 0 Å². The lowest BCUT2D eigenvalue weighted by Crippen LogP contribution is -2.28. The van der Waals surface area contributed by atoms with Gasteiger partial charge in [0.25, 0.3) is 5.91 Å². The Bertz CT molecular complexity index is 727. The molecule has 0 radical (unpaired) electrons. The Morgan fingerprint density at radius 3 is 2.95 bits per heavy atom. The molecule has 1 fully saturated rings. The molecule has 4 rings (SSSR count). The van der Waals surface area contributed by atoms with Gasteiger partial charge in [-0.3, -0.25) is 4.79 Å². The van der Waals surface area contributed by atoms with E-state index in [0.717, 1.165) is 6.42 Å². The fraction of sp³-hybridized carbons (Fsp3) is 0.400.